The molecule has 25 heavy (non-hydrogen) atoms. The Balaban J connectivity index is 1.87. The van der Waals surface area contributed by atoms with Gasteiger partial charge in [0.1, 0.15) is 0 Å². The Kier molecular flexibility index (Phi) is 5.33. The third-order valence-electron chi connectivity index (χ3n) is 3.93. The molecule has 3 N–H and O–H groups in total. The average molecular weight is 361 g/mol. The molecule has 0 spiro atoms. The Hall–Kier alpha value is -2.41. The second kappa shape index (κ2) is 7.65. The van der Waals surface area contributed by atoms with Crippen LogP contribution < -0.4 is 10.6 Å². The van der Waals surface area contributed by atoms with Crippen LogP contribution in [-0.4, -0.2) is 29.6 Å². The van der Waals surface area contributed by atoms with E-state index in [1.54, 1.807) is 18.2 Å². The molecule has 7 heteroatoms. The summed E-state index contributed by atoms with van der Waals surface area (Å²) in [5.41, 5.74) is 2.10. The number of halogens is 1. The van der Waals surface area contributed by atoms with E-state index >= 15 is 0 Å². The molecular formula is C18H17ClN2O4. The smallest absolute Gasteiger partial charge is 0.317 e. The van der Waals surface area contributed by atoms with Crippen LogP contribution in [0.25, 0.3) is 0 Å². The van der Waals surface area contributed by atoms with Gasteiger partial charge in [-0.3, -0.25) is 14.9 Å². The van der Waals surface area contributed by atoms with Crippen molar-refractivity contribution in [3.8, 4) is 0 Å². The minimum atomic E-state index is -1.03. The van der Waals surface area contributed by atoms with Crippen LogP contribution in [0.2, 0.25) is 5.02 Å². The van der Waals surface area contributed by atoms with Crippen molar-refractivity contribution < 1.29 is 19.4 Å². The van der Waals surface area contributed by atoms with Crippen LogP contribution in [-0.2, 0) is 20.9 Å². The molecule has 2 aromatic rings. The maximum absolute atomic E-state index is 12.5. The molecule has 1 heterocycles. The first-order valence-corrected chi connectivity index (χ1v) is 8.14. The Morgan fingerprint density at radius 3 is 2.68 bits per heavy atom. The fraction of sp³-hybridized carbons (Fsp3) is 0.222. The van der Waals surface area contributed by atoms with E-state index in [1.165, 1.54) is 0 Å². The zero-order valence-electron chi connectivity index (χ0n) is 13.2. The molecule has 6 nitrogen and oxygen atoms in total. The first-order valence-electron chi connectivity index (χ1n) is 7.76. The Bertz CT molecular complexity index is 782. The van der Waals surface area contributed by atoms with Gasteiger partial charge in [0, 0.05) is 16.3 Å². The number of aliphatic carboxylic acids is 1. The number of ether oxygens (including phenoxy) is 1. The van der Waals surface area contributed by atoms with Gasteiger partial charge in [-0.2, -0.15) is 0 Å². The maximum Gasteiger partial charge on any atom is 0.317 e. The van der Waals surface area contributed by atoms with Crippen LogP contribution in [0.15, 0.2) is 48.5 Å². The van der Waals surface area contributed by atoms with E-state index in [9.17, 15) is 9.59 Å². The fourth-order valence-corrected chi connectivity index (χ4v) is 3.10. The van der Waals surface area contributed by atoms with E-state index < -0.39 is 18.1 Å². The second-order valence-corrected chi connectivity index (χ2v) is 6.07. The van der Waals surface area contributed by atoms with E-state index in [0.29, 0.717) is 16.3 Å². The van der Waals surface area contributed by atoms with Gasteiger partial charge < -0.3 is 15.2 Å². The van der Waals surface area contributed by atoms with Gasteiger partial charge in [0.2, 0.25) is 0 Å². The SMILES string of the molecule is O=C(O)CNC1c2c(Cl)cccc2NC(=O)C1OCc1ccccc1. The summed E-state index contributed by atoms with van der Waals surface area (Å²) >= 11 is 6.29. The van der Waals surface area contributed by atoms with Crippen molar-refractivity contribution in [3.63, 3.8) is 0 Å². The molecule has 3 rings (SSSR count). The van der Waals surface area contributed by atoms with E-state index in [2.05, 4.69) is 10.6 Å². The largest absolute Gasteiger partial charge is 0.480 e. The number of anilines is 1. The molecular weight excluding hydrogens is 344 g/mol. The maximum atomic E-state index is 12.5. The highest BCUT2D eigenvalue weighted by atomic mass is 35.5. The lowest BCUT2D eigenvalue weighted by atomic mass is 9.94. The third kappa shape index (κ3) is 3.99. The van der Waals surface area contributed by atoms with Crippen molar-refractivity contribution >= 4 is 29.2 Å². The van der Waals surface area contributed by atoms with E-state index in [-0.39, 0.29) is 19.1 Å². The Morgan fingerprint density at radius 1 is 1.20 bits per heavy atom. The van der Waals surface area contributed by atoms with Crippen molar-refractivity contribution in [1.82, 2.24) is 5.32 Å². The Morgan fingerprint density at radius 2 is 1.96 bits per heavy atom. The highest BCUT2D eigenvalue weighted by molar-refractivity contribution is 6.32. The van der Waals surface area contributed by atoms with Gasteiger partial charge >= 0.3 is 5.97 Å². The highest BCUT2D eigenvalue weighted by Crippen LogP contribution is 2.37. The molecule has 2 aromatic carbocycles. The Labute approximate surface area is 149 Å². The average Bonchev–Trinajstić information content (AvgIpc) is 2.59. The van der Waals surface area contributed by atoms with Crippen molar-refractivity contribution in [2.45, 2.75) is 18.8 Å². The number of hydrogen-bond acceptors (Lipinski definition) is 4. The van der Waals surface area contributed by atoms with Crippen LogP contribution in [0.5, 0.6) is 0 Å². The van der Waals surface area contributed by atoms with Crippen molar-refractivity contribution in [2.75, 3.05) is 11.9 Å². The summed E-state index contributed by atoms with van der Waals surface area (Å²) in [7, 11) is 0. The summed E-state index contributed by atoms with van der Waals surface area (Å²) in [6, 6.07) is 13.9. The van der Waals surface area contributed by atoms with Gasteiger partial charge in [0.05, 0.1) is 19.2 Å². The van der Waals surface area contributed by atoms with Gasteiger partial charge in [-0.15, -0.1) is 0 Å². The van der Waals surface area contributed by atoms with Crippen LogP contribution in [0.3, 0.4) is 0 Å². The molecule has 0 aliphatic carbocycles. The molecule has 2 unspecified atom stereocenters. The number of amides is 1. The van der Waals surface area contributed by atoms with Gasteiger partial charge in [-0.05, 0) is 17.7 Å². The van der Waals surface area contributed by atoms with Crippen LogP contribution in [0.4, 0.5) is 5.69 Å². The monoisotopic (exact) mass is 360 g/mol. The van der Waals surface area contributed by atoms with Crippen LogP contribution in [0.1, 0.15) is 17.2 Å². The topological polar surface area (TPSA) is 87.7 Å². The predicted octanol–water partition coefficient (Wildman–Crippen LogP) is 2.59. The van der Waals surface area contributed by atoms with Crippen LogP contribution >= 0.6 is 11.6 Å². The first kappa shape index (κ1) is 17.4. The predicted molar refractivity (Wildman–Crippen MR) is 93.5 cm³/mol. The molecule has 0 saturated heterocycles. The zero-order chi connectivity index (χ0) is 17.8. The summed E-state index contributed by atoms with van der Waals surface area (Å²) in [4.78, 5) is 23.4. The van der Waals surface area contributed by atoms with Crippen molar-refractivity contribution in [3.05, 3.63) is 64.7 Å². The van der Waals surface area contributed by atoms with Gasteiger partial charge in [-0.1, -0.05) is 48.0 Å². The van der Waals surface area contributed by atoms with Crippen molar-refractivity contribution in [1.29, 1.82) is 0 Å². The number of fused-ring (bicyclic) bond motifs is 1. The number of carbonyl (C=O) groups excluding carboxylic acids is 1. The van der Waals surface area contributed by atoms with Crippen LogP contribution in [0, 0.1) is 0 Å². The minimum Gasteiger partial charge on any atom is -0.480 e. The van der Waals surface area contributed by atoms with Gasteiger partial charge in [0.15, 0.2) is 6.10 Å². The van der Waals surface area contributed by atoms with Gasteiger partial charge in [-0.25, -0.2) is 0 Å². The molecule has 2 atom stereocenters. The number of carboxylic acid groups (broad SMARTS) is 1. The first-order chi connectivity index (χ1) is 12.1. The highest BCUT2D eigenvalue weighted by Gasteiger charge is 2.38. The standard InChI is InChI=1S/C18H17ClN2O4/c19-12-7-4-8-13-15(12)16(20-9-14(22)23)17(18(24)21-13)25-10-11-5-2-1-3-6-11/h1-8,16-17,20H,9-10H2,(H,21,24)(H,22,23). The summed E-state index contributed by atoms with van der Waals surface area (Å²) in [5.74, 6) is -1.37. The molecule has 0 aromatic heterocycles. The van der Waals surface area contributed by atoms with E-state index in [1.807, 2.05) is 30.3 Å². The number of hydrogen-bond donors (Lipinski definition) is 3. The quantitative estimate of drug-likeness (QED) is 0.737. The number of nitrogens with one attached hydrogen (secondary N) is 2. The molecule has 0 bridgehead atoms. The normalized spacial score (nSPS) is 19.2. The number of rotatable bonds is 6. The summed E-state index contributed by atoms with van der Waals surface area (Å²) < 4.78 is 5.81. The molecule has 1 aliphatic heterocycles. The molecule has 0 saturated carbocycles. The molecule has 0 radical (unpaired) electrons. The summed E-state index contributed by atoms with van der Waals surface area (Å²) in [6.45, 7) is -0.0855. The number of carboxylic acids is 1. The fourth-order valence-electron chi connectivity index (χ4n) is 2.81. The minimum absolute atomic E-state index is 0.226. The molecule has 0 fully saturated rings. The van der Waals surface area contributed by atoms with E-state index in [4.69, 9.17) is 21.4 Å². The summed E-state index contributed by atoms with van der Waals surface area (Å²) in [6.07, 6.45) is -0.896. The van der Waals surface area contributed by atoms with E-state index in [0.717, 1.165) is 5.56 Å². The lowest BCUT2D eigenvalue weighted by molar-refractivity contribution is -0.138. The third-order valence-corrected chi connectivity index (χ3v) is 4.26. The summed E-state index contributed by atoms with van der Waals surface area (Å²) in [5, 5.41) is 15.1. The number of carbonyl (C=O) groups is 2. The number of benzene rings is 2. The molecule has 1 amide bonds. The lowest BCUT2D eigenvalue weighted by Gasteiger charge is -2.34. The molecule has 130 valence electrons. The lowest BCUT2D eigenvalue weighted by Crippen LogP contribution is -2.47. The second-order valence-electron chi connectivity index (χ2n) is 5.66. The van der Waals surface area contributed by atoms with Crippen molar-refractivity contribution in [2.24, 2.45) is 0 Å². The van der Waals surface area contributed by atoms with Gasteiger partial charge in [0.25, 0.3) is 5.91 Å². The zero-order valence-corrected chi connectivity index (χ0v) is 14.0. The molecule has 1 aliphatic rings.